The van der Waals surface area contributed by atoms with E-state index in [1.165, 1.54) is 0 Å². The van der Waals surface area contributed by atoms with E-state index in [1.807, 2.05) is 30.6 Å². The van der Waals surface area contributed by atoms with Crippen LogP contribution in [-0.4, -0.2) is 36.1 Å². The molecule has 2 saturated carbocycles. The average molecular weight is 351 g/mol. The number of ether oxygens (including phenoxy) is 1. The predicted octanol–water partition coefficient (Wildman–Crippen LogP) is 2.51. The highest BCUT2D eigenvalue weighted by Gasteiger charge is 2.57. The molecule has 0 spiro atoms. The van der Waals surface area contributed by atoms with Crippen molar-refractivity contribution < 1.29 is 9.53 Å². The molecule has 26 heavy (non-hydrogen) atoms. The fourth-order valence-electron chi connectivity index (χ4n) is 4.80. The summed E-state index contributed by atoms with van der Waals surface area (Å²) in [7, 11) is 0. The standard InChI is InChI=1S/C21H25N3O2/c25-21(20-17-11-23-12-18(17)20)24-14-4-6-15(7-5-14)26-19-3-1-2-13-10-22-9-8-16(13)19/h1-3,8-10,14-15,17-18,20,23H,4-7,11-12H2,(H,24,25)/t14?,15?,17-,18+,20?. The van der Waals surface area contributed by atoms with Crippen molar-refractivity contribution in [3.63, 3.8) is 0 Å². The Kier molecular flexibility index (Phi) is 4.04. The van der Waals surface area contributed by atoms with Crippen molar-refractivity contribution in [2.45, 2.75) is 37.8 Å². The molecular formula is C21H25N3O2. The van der Waals surface area contributed by atoms with Gasteiger partial charge in [-0.1, -0.05) is 12.1 Å². The van der Waals surface area contributed by atoms with E-state index in [0.717, 1.165) is 55.3 Å². The Labute approximate surface area is 153 Å². The molecule has 2 aromatic rings. The number of piperidine rings is 1. The number of nitrogens with zero attached hydrogens (tertiary/aromatic N) is 1. The lowest BCUT2D eigenvalue weighted by Gasteiger charge is -2.30. The zero-order valence-corrected chi connectivity index (χ0v) is 14.9. The van der Waals surface area contributed by atoms with Gasteiger partial charge in [-0.15, -0.1) is 0 Å². The fourth-order valence-corrected chi connectivity index (χ4v) is 4.80. The number of nitrogens with one attached hydrogen (secondary N) is 2. The Bertz CT molecular complexity index is 801. The molecule has 5 heteroatoms. The van der Waals surface area contributed by atoms with E-state index in [0.29, 0.717) is 17.9 Å². The molecule has 1 aromatic carbocycles. The van der Waals surface area contributed by atoms with Crippen LogP contribution in [0, 0.1) is 17.8 Å². The number of hydrogen-bond acceptors (Lipinski definition) is 4. The first kappa shape index (κ1) is 16.1. The van der Waals surface area contributed by atoms with E-state index in [4.69, 9.17) is 4.74 Å². The molecule has 2 N–H and O–H groups in total. The minimum atomic E-state index is 0.228. The van der Waals surface area contributed by atoms with Gasteiger partial charge in [-0.2, -0.15) is 0 Å². The van der Waals surface area contributed by atoms with Gasteiger partial charge in [0.25, 0.3) is 0 Å². The number of rotatable bonds is 4. The van der Waals surface area contributed by atoms with Crippen LogP contribution in [0.25, 0.3) is 10.8 Å². The van der Waals surface area contributed by atoms with Gasteiger partial charge in [0, 0.05) is 35.1 Å². The normalized spacial score (nSPS) is 32.8. The maximum Gasteiger partial charge on any atom is 0.224 e. The second-order valence-electron chi connectivity index (χ2n) is 7.96. The second-order valence-corrected chi connectivity index (χ2v) is 7.96. The summed E-state index contributed by atoms with van der Waals surface area (Å²) < 4.78 is 6.29. The van der Waals surface area contributed by atoms with Gasteiger partial charge in [0.05, 0.1) is 6.10 Å². The lowest BCUT2D eigenvalue weighted by Crippen LogP contribution is -2.41. The van der Waals surface area contributed by atoms with E-state index >= 15 is 0 Å². The van der Waals surface area contributed by atoms with Crippen molar-refractivity contribution in [3.8, 4) is 5.75 Å². The zero-order valence-electron chi connectivity index (χ0n) is 14.9. The first-order valence-electron chi connectivity index (χ1n) is 9.80. The van der Waals surface area contributed by atoms with Crippen LogP contribution in [0.1, 0.15) is 25.7 Å². The van der Waals surface area contributed by atoms with Crippen molar-refractivity contribution in [1.82, 2.24) is 15.6 Å². The van der Waals surface area contributed by atoms with Crippen LogP contribution >= 0.6 is 0 Å². The number of fused-ring (bicyclic) bond motifs is 2. The van der Waals surface area contributed by atoms with Gasteiger partial charge in [-0.05, 0) is 62.7 Å². The van der Waals surface area contributed by atoms with Crippen LogP contribution in [0.2, 0.25) is 0 Å². The third kappa shape index (κ3) is 2.94. The third-order valence-corrected chi connectivity index (χ3v) is 6.35. The summed E-state index contributed by atoms with van der Waals surface area (Å²) in [5, 5.41) is 8.87. The molecule has 3 atom stereocenters. The quantitative estimate of drug-likeness (QED) is 0.888. The van der Waals surface area contributed by atoms with Gasteiger partial charge in [-0.25, -0.2) is 0 Å². The maximum absolute atomic E-state index is 12.4. The molecule has 5 rings (SSSR count). The Morgan fingerprint density at radius 3 is 2.73 bits per heavy atom. The molecule has 2 heterocycles. The van der Waals surface area contributed by atoms with Gasteiger partial charge < -0.3 is 15.4 Å². The van der Waals surface area contributed by atoms with Gasteiger partial charge in [0.2, 0.25) is 5.91 Å². The van der Waals surface area contributed by atoms with Crippen LogP contribution in [0.5, 0.6) is 5.75 Å². The van der Waals surface area contributed by atoms with Crippen LogP contribution in [0.4, 0.5) is 0 Å². The molecule has 3 aliphatic rings. The summed E-state index contributed by atoms with van der Waals surface area (Å²) in [5.74, 6) is 2.68. The molecular weight excluding hydrogens is 326 g/mol. The van der Waals surface area contributed by atoms with Crippen LogP contribution < -0.4 is 15.4 Å². The minimum absolute atomic E-state index is 0.228. The summed E-state index contributed by atoms with van der Waals surface area (Å²) in [6, 6.07) is 8.44. The number of pyridine rings is 1. The highest BCUT2D eigenvalue weighted by molar-refractivity contribution is 5.87. The summed E-state index contributed by atoms with van der Waals surface area (Å²) in [6.07, 6.45) is 7.90. The topological polar surface area (TPSA) is 63.2 Å². The van der Waals surface area contributed by atoms with Gasteiger partial charge in [0.1, 0.15) is 5.75 Å². The summed E-state index contributed by atoms with van der Waals surface area (Å²) in [4.78, 5) is 16.6. The molecule has 3 fully saturated rings. The summed E-state index contributed by atoms with van der Waals surface area (Å²) >= 11 is 0. The first-order valence-corrected chi connectivity index (χ1v) is 9.80. The average Bonchev–Trinajstić information content (AvgIpc) is 3.16. The van der Waals surface area contributed by atoms with Gasteiger partial charge in [-0.3, -0.25) is 9.78 Å². The van der Waals surface area contributed by atoms with Gasteiger partial charge in [0.15, 0.2) is 0 Å². The van der Waals surface area contributed by atoms with Crippen LogP contribution in [0.15, 0.2) is 36.7 Å². The van der Waals surface area contributed by atoms with Crippen molar-refractivity contribution in [2.75, 3.05) is 13.1 Å². The van der Waals surface area contributed by atoms with E-state index in [1.54, 1.807) is 0 Å². The molecule has 1 saturated heterocycles. The Hall–Kier alpha value is -2.14. The van der Waals surface area contributed by atoms with Crippen molar-refractivity contribution in [1.29, 1.82) is 0 Å². The first-order chi connectivity index (χ1) is 12.8. The Morgan fingerprint density at radius 1 is 1.12 bits per heavy atom. The lowest BCUT2D eigenvalue weighted by atomic mass is 9.92. The second kappa shape index (κ2) is 6.54. The Balaban J connectivity index is 1.15. The van der Waals surface area contributed by atoms with E-state index < -0.39 is 0 Å². The fraction of sp³-hybridized carbons (Fsp3) is 0.524. The molecule has 1 aliphatic heterocycles. The SMILES string of the molecule is O=C(NC1CCC(Oc2cccc3cnccc23)CC1)C1[C@H]2CNC[C@@H]12. The lowest BCUT2D eigenvalue weighted by molar-refractivity contribution is -0.124. The van der Waals surface area contributed by atoms with E-state index in [9.17, 15) is 4.79 Å². The zero-order chi connectivity index (χ0) is 17.5. The number of hydrogen-bond donors (Lipinski definition) is 2. The third-order valence-electron chi connectivity index (χ3n) is 6.35. The number of benzene rings is 1. The highest BCUT2D eigenvalue weighted by Crippen LogP contribution is 2.48. The van der Waals surface area contributed by atoms with E-state index in [-0.39, 0.29) is 17.9 Å². The summed E-state index contributed by atoms with van der Waals surface area (Å²) in [5.41, 5.74) is 0. The van der Waals surface area contributed by atoms with Crippen LogP contribution in [0.3, 0.4) is 0 Å². The molecule has 2 aliphatic carbocycles. The maximum atomic E-state index is 12.4. The Morgan fingerprint density at radius 2 is 1.92 bits per heavy atom. The largest absolute Gasteiger partial charge is 0.490 e. The number of amides is 1. The monoisotopic (exact) mass is 351 g/mol. The molecule has 0 radical (unpaired) electrons. The molecule has 1 aromatic heterocycles. The van der Waals surface area contributed by atoms with Crippen molar-refractivity contribution in [2.24, 2.45) is 17.8 Å². The number of carbonyl (C=O) groups excluding carboxylic acids is 1. The molecule has 1 amide bonds. The molecule has 5 nitrogen and oxygen atoms in total. The number of aromatic nitrogens is 1. The smallest absolute Gasteiger partial charge is 0.224 e. The number of carbonyl (C=O) groups is 1. The highest BCUT2D eigenvalue weighted by atomic mass is 16.5. The van der Waals surface area contributed by atoms with E-state index in [2.05, 4.69) is 21.7 Å². The summed E-state index contributed by atoms with van der Waals surface area (Å²) in [6.45, 7) is 2.04. The molecule has 0 bridgehead atoms. The molecule has 1 unspecified atom stereocenters. The van der Waals surface area contributed by atoms with Crippen molar-refractivity contribution in [3.05, 3.63) is 36.7 Å². The predicted molar refractivity (Wildman–Crippen MR) is 99.9 cm³/mol. The molecule has 136 valence electrons. The minimum Gasteiger partial charge on any atom is -0.490 e. The van der Waals surface area contributed by atoms with Gasteiger partial charge >= 0.3 is 0 Å². The van der Waals surface area contributed by atoms with Crippen LogP contribution in [-0.2, 0) is 4.79 Å². The van der Waals surface area contributed by atoms with Crippen molar-refractivity contribution >= 4 is 16.7 Å².